The largest absolute Gasteiger partial charge is 0.367 e. The molecular formula is C8H4Br2F8. The van der Waals surface area contributed by atoms with Crippen molar-refractivity contribution in [3.63, 3.8) is 0 Å². The van der Waals surface area contributed by atoms with Gasteiger partial charge in [0.25, 0.3) is 0 Å². The first-order valence-electron chi connectivity index (χ1n) is 3.97. The Labute approximate surface area is 113 Å². The Morgan fingerprint density at radius 3 is 0.944 bits per heavy atom. The van der Waals surface area contributed by atoms with Gasteiger partial charge in [-0.05, 0) is 44.0 Å². The third-order valence-electron chi connectivity index (χ3n) is 1.48. The molecule has 0 heterocycles. The minimum absolute atomic E-state index is 0.113. The normalized spacial score (nSPS) is 15.9. The van der Waals surface area contributed by atoms with Gasteiger partial charge in [-0.2, -0.15) is 35.1 Å². The maximum atomic E-state index is 12.5. The third-order valence-corrected chi connectivity index (χ3v) is 2.54. The summed E-state index contributed by atoms with van der Waals surface area (Å²) in [6.45, 7) is 0. The summed E-state index contributed by atoms with van der Waals surface area (Å²) in [4.78, 5) is -9.15. The summed E-state index contributed by atoms with van der Waals surface area (Å²) in [7, 11) is 0. The maximum absolute atomic E-state index is 12.5. The number of allylic oxidation sites excluding steroid dienone is 4. The molecule has 0 atom stereocenters. The van der Waals surface area contributed by atoms with Crippen LogP contribution in [0.4, 0.5) is 35.1 Å². The van der Waals surface area contributed by atoms with Gasteiger partial charge < -0.3 is 0 Å². The van der Waals surface area contributed by atoms with E-state index in [1.165, 1.54) is 31.9 Å². The van der Waals surface area contributed by atoms with E-state index < -0.39 is 33.7 Å². The van der Waals surface area contributed by atoms with Crippen LogP contribution in [0.2, 0.25) is 0 Å². The summed E-state index contributed by atoms with van der Waals surface area (Å²) in [5, 5.41) is 0. The molecule has 0 aliphatic rings. The summed E-state index contributed by atoms with van der Waals surface area (Å²) >= 11 is 2.78. The van der Waals surface area contributed by atoms with Crippen molar-refractivity contribution >= 4 is 31.9 Å². The molecule has 0 aromatic carbocycles. The van der Waals surface area contributed by atoms with E-state index in [1.54, 1.807) is 0 Å². The van der Waals surface area contributed by atoms with Gasteiger partial charge in [-0.25, -0.2) is 0 Å². The van der Waals surface area contributed by atoms with Crippen LogP contribution in [0.5, 0.6) is 0 Å². The molecule has 0 saturated heterocycles. The smallest absolute Gasteiger partial charge is 0.194 e. The molecule has 0 bridgehead atoms. The van der Waals surface area contributed by atoms with Gasteiger partial charge in [0.05, 0.1) is 0 Å². The molecule has 0 aromatic heterocycles. The zero-order chi connectivity index (χ0) is 14.8. The number of hydrogen-bond acceptors (Lipinski definition) is 0. The Balaban J connectivity index is 4.80. The average Bonchev–Trinajstić information content (AvgIpc) is 2.08. The Bertz CT molecular complexity index is 302. The number of alkyl halides is 10. The minimum Gasteiger partial charge on any atom is -0.194 e. The molecule has 0 aromatic rings. The number of rotatable bonds is 5. The van der Waals surface area contributed by atoms with E-state index in [1.807, 2.05) is 0 Å². The summed E-state index contributed by atoms with van der Waals surface area (Å²) in [6, 6.07) is 0. The van der Waals surface area contributed by atoms with Gasteiger partial charge in [-0.1, -0.05) is 12.2 Å². The van der Waals surface area contributed by atoms with Gasteiger partial charge in [0.1, 0.15) is 0 Å². The van der Waals surface area contributed by atoms with Crippen LogP contribution >= 0.6 is 31.9 Å². The minimum atomic E-state index is -4.65. The van der Waals surface area contributed by atoms with Gasteiger partial charge in [-0.3, -0.25) is 0 Å². The predicted molar refractivity (Wildman–Crippen MR) is 55.9 cm³/mol. The lowest BCUT2D eigenvalue weighted by molar-refractivity contribution is -0.112. The fraction of sp³-hybridized carbons (Fsp3) is 0.500. The van der Waals surface area contributed by atoms with Gasteiger partial charge in [0, 0.05) is 0 Å². The molecule has 0 N–H and O–H groups in total. The lowest BCUT2D eigenvalue weighted by Crippen LogP contribution is -2.33. The molecule has 0 rings (SSSR count). The lowest BCUT2D eigenvalue weighted by atomic mass is 10.2. The number of halogens is 10. The maximum Gasteiger partial charge on any atom is 0.367 e. The highest BCUT2D eigenvalue weighted by Gasteiger charge is 2.53. The average molecular weight is 412 g/mol. The second-order valence-electron chi connectivity index (χ2n) is 2.96. The molecule has 0 aliphatic carbocycles. The Kier molecular flexibility index (Phi) is 5.44. The quantitative estimate of drug-likeness (QED) is 0.325. The summed E-state index contributed by atoms with van der Waals surface area (Å²) < 4.78 is 98.8. The van der Waals surface area contributed by atoms with Gasteiger partial charge in [0.2, 0.25) is 0 Å². The van der Waals surface area contributed by atoms with Crippen LogP contribution in [0, 0.1) is 0 Å². The van der Waals surface area contributed by atoms with Crippen molar-refractivity contribution in [3.05, 3.63) is 24.3 Å². The third kappa shape index (κ3) is 4.87. The van der Waals surface area contributed by atoms with Crippen LogP contribution in [-0.4, -0.2) is 21.5 Å². The van der Waals surface area contributed by atoms with Crippen LogP contribution < -0.4 is 0 Å². The zero-order valence-electron chi connectivity index (χ0n) is 8.09. The van der Waals surface area contributed by atoms with Crippen LogP contribution in [0.3, 0.4) is 0 Å². The van der Waals surface area contributed by atoms with Crippen molar-refractivity contribution in [2.75, 3.05) is 0 Å². The molecule has 0 fully saturated rings. The fourth-order valence-corrected chi connectivity index (χ4v) is 0.806. The molecule has 0 nitrogen and oxygen atoms in total. The Hall–Kier alpha value is -0.120. The molecule has 0 spiro atoms. The Morgan fingerprint density at radius 1 is 0.556 bits per heavy atom. The molecule has 0 amide bonds. The molecule has 0 saturated carbocycles. The van der Waals surface area contributed by atoms with Crippen molar-refractivity contribution in [3.8, 4) is 0 Å². The van der Waals surface area contributed by atoms with E-state index in [-0.39, 0.29) is 12.2 Å². The van der Waals surface area contributed by atoms with Crippen molar-refractivity contribution < 1.29 is 35.1 Å². The second-order valence-corrected chi connectivity index (χ2v) is 4.95. The lowest BCUT2D eigenvalue weighted by Gasteiger charge is -2.18. The van der Waals surface area contributed by atoms with Gasteiger partial charge in [-0.15, -0.1) is 0 Å². The van der Waals surface area contributed by atoms with Crippen LogP contribution in [0.25, 0.3) is 0 Å². The van der Waals surface area contributed by atoms with E-state index in [0.717, 1.165) is 0 Å². The van der Waals surface area contributed by atoms with Crippen molar-refractivity contribution in [2.24, 2.45) is 0 Å². The molecule has 10 heteroatoms. The molecule has 0 radical (unpaired) electrons. The van der Waals surface area contributed by atoms with E-state index in [4.69, 9.17) is 0 Å². The fourth-order valence-electron chi connectivity index (χ4n) is 0.542. The van der Waals surface area contributed by atoms with Crippen molar-refractivity contribution in [1.29, 1.82) is 0 Å². The van der Waals surface area contributed by atoms with E-state index in [2.05, 4.69) is 0 Å². The topological polar surface area (TPSA) is 0 Å². The van der Waals surface area contributed by atoms with Crippen molar-refractivity contribution in [2.45, 2.75) is 21.5 Å². The van der Waals surface area contributed by atoms with Crippen LogP contribution in [-0.2, 0) is 0 Å². The van der Waals surface area contributed by atoms with Crippen LogP contribution in [0.15, 0.2) is 24.3 Å². The molecular weight excluding hydrogens is 408 g/mol. The molecule has 106 valence electrons. The standard InChI is InChI=1S/C8H4Br2F8/c9-7(15,16)5(11,12)3-1-2-4-6(13,14)8(10,17)18/h1-4H. The molecule has 0 aliphatic heterocycles. The second kappa shape index (κ2) is 5.48. The highest BCUT2D eigenvalue weighted by molar-refractivity contribution is 9.10. The monoisotopic (exact) mass is 410 g/mol. The SMILES string of the molecule is FC(F)(Br)C(F)(F)C=CC=CC(F)(F)C(F)(F)Br. The predicted octanol–water partition coefficient (Wildman–Crippen LogP) is 5.34. The van der Waals surface area contributed by atoms with Gasteiger partial charge >= 0.3 is 21.5 Å². The highest BCUT2D eigenvalue weighted by Crippen LogP contribution is 2.41. The first-order valence-corrected chi connectivity index (χ1v) is 5.55. The zero-order valence-corrected chi connectivity index (χ0v) is 11.3. The highest BCUT2D eigenvalue weighted by atomic mass is 79.9. The first-order chi connectivity index (χ1) is 7.71. The van der Waals surface area contributed by atoms with Crippen molar-refractivity contribution in [1.82, 2.24) is 0 Å². The first kappa shape index (κ1) is 17.9. The van der Waals surface area contributed by atoms with E-state index in [9.17, 15) is 35.1 Å². The summed E-state index contributed by atoms with van der Waals surface area (Å²) in [5.74, 6) is -9.30. The number of hydrogen-bond donors (Lipinski definition) is 0. The summed E-state index contributed by atoms with van der Waals surface area (Å²) in [5.41, 5.74) is 0. The molecule has 18 heavy (non-hydrogen) atoms. The van der Waals surface area contributed by atoms with E-state index >= 15 is 0 Å². The Morgan fingerprint density at radius 2 is 0.778 bits per heavy atom. The van der Waals surface area contributed by atoms with Gasteiger partial charge in [0.15, 0.2) is 0 Å². The van der Waals surface area contributed by atoms with Crippen LogP contribution in [0.1, 0.15) is 0 Å². The van der Waals surface area contributed by atoms with E-state index in [0.29, 0.717) is 0 Å². The molecule has 0 unspecified atom stereocenters. The summed E-state index contributed by atoms with van der Waals surface area (Å²) in [6.07, 6.45) is -0.578.